The number of amides is 2. The Bertz CT molecular complexity index is 1160. The smallest absolute Gasteiger partial charge is 0.338 e. The topological polar surface area (TPSA) is 107 Å². The lowest BCUT2D eigenvalue weighted by Gasteiger charge is -2.22. The number of ether oxygens (including phenoxy) is 1. The second-order valence-electron chi connectivity index (χ2n) is 6.82. The van der Waals surface area contributed by atoms with Crippen molar-refractivity contribution >= 4 is 45.1 Å². The summed E-state index contributed by atoms with van der Waals surface area (Å²) in [5.74, 6) is -1.22. The molecular formula is C22H21N5O3S. The van der Waals surface area contributed by atoms with Crippen LogP contribution in [0, 0.1) is 5.41 Å². The van der Waals surface area contributed by atoms with Gasteiger partial charge in [0, 0.05) is 5.69 Å². The van der Waals surface area contributed by atoms with Gasteiger partial charge in [-0.15, -0.1) is 11.3 Å². The predicted octanol–water partition coefficient (Wildman–Crippen LogP) is 4.25. The van der Waals surface area contributed by atoms with Gasteiger partial charge in [-0.2, -0.15) is 0 Å². The number of fused-ring (bicyclic) bond motifs is 1. The number of hydrazine groups is 1. The number of nitrogens with zero attached hydrogens (tertiary/aromatic N) is 2. The molecule has 1 atom stereocenters. The first-order chi connectivity index (χ1) is 15.0. The molecule has 3 aromatic rings. The molecule has 1 aromatic heterocycles. The van der Waals surface area contributed by atoms with E-state index < -0.39 is 17.9 Å². The summed E-state index contributed by atoms with van der Waals surface area (Å²) in [5.41, 5.74) is 4.79. The fourth-order valence-corrected chi connectivity index (χ4v) is 4.51. The van der Waals surface area contributed by atoms with Crippen LogP contribution in [0.4, 0.5) is 10.5 Å². The number of rotatable bonds is 5. The lowest BCUT2D eigenvalue weighted by molar-refractivity contribution is -0.138. The van der Waals surface area contributed by atoms with Gasteiger partial charge in [0.15, 0.2) is 0 Å². The van der Waals surface area contributed by atoms with Crippen molar-refractivity contribution in [1.82, 2.24) is 15.4 Å². The molecule has 4 rings (SSSR count). The maximum absolute atomic E-state index is 12.8. The molecule has 0 radical (unpaired) electrons. The Balaban J connectivity index is 1.66. The maximum Gasteiger partial charge on any atom is 0.338 e. The van der Waals surface area contributed by atoms with Gasteiger partial charge in [-0.25, -0.2) is 25.0 Å². The molecule has 0 aliphatic carbocycles. The standard InChI is InChI=1S/C22H21N5O3S/c1-3-30-21(28)17-13(2)27(26-22(29)24-14-9-5-4-6-10-14)19(23)18(17)20-25-15-11-7-8-12-16(15)31-20/h4-12,18,23H,3H2,1-2H3,(H2,24,26,29). The van der Waals surface area contributed by atoms with E-state index in [9.17, 15) is 9.59 Å². The number of aromatic nitrogens is 1. The summed E-state index contributed by atoms with van der Waals surface area (Å²) in [4.78, 5) is 29.9. The van der Waals surface area contributed by atoms with Crippen molar-refractivity contribution in [1.29, 1.82) is 5.41 Å². The van der Waals surface area contributed by atoms with E-state index in [1.54, 1.807) is 38.1 Å². The SMILES string of the molecule is CCOC(=O)C1=C(C)N(NC(=O)Nc2ccccc2)C(=N)C1c1nc2ccccc2s1. The minimum absolute atomic E-state index is 0.0304. The summed E-state index contributed by atoms with van der Waals surface area (Å²) in [6.45, 7) is 3.61. The number of anilines is 1. The van der Waals surface area contributed by atoms with Gasteiger partial charge in [0.05, 0.1) is 28.1 Å². The highest BCUT2D eigenvalue weighted by Crippen LogP contribution is 2.40. The fraction of sp³-hybridized carbons (Fsp3) is 0.182. The summed E-state index contributed by atoms with van der Waals surface area (Å²) >= 11 is 1.41. The van der Waals surface area contributed by atoms with E-state index in [1.807, 2.05) is 30.3 Å². The minimum atomic E-state index is -0.728. The number of urea groups is 1. The molecule has 8 nitrogen and oxygen atoms in total. The summed E-state index contributed by atoms with van der Waals surface area (Å²) < 4.78 is 6.21. The zero-order chi connectivity index (χ0) is 22.0. The van der Waals surface area contributed by atoms with Crippen LogP contribution in [0.15, 0.2) is 65.9 Å². The van der Waals surface area contributed by atoms with E-state index in [-0.39, 0.29) is 12.4 Å². The van der Waals surface area contributed by atoms with E-state index in [0.29, 0.717) is 22.0 Å². The van der Waals surface area contributed by atoms with Gasteiger partial charge in [0.1, 0.15) is 16.8 Å². The average molecular weight is 436 g/mol. The van der Waals surface area contributed by atoms with Gasteiger partial charge in [0.25, 0.3) is 0 Å². The normalized spacial score (nSPS) is 16.0. The van der Waals surface area contributed by atoms with Gasteiger partial charge in [0.2, 0.25) is 0 Å². The fourth-order valence-electron chi connectivity index (χ4n) is 3.43. The third-order valence-corrected chi connectivity index (χ3v) is 5.93. The van der Waals surface area contributed by atoms with Crippen molar-refractivity contribution in [3.63, 3.8) is 0 Å². The number of hydrogen-bond donors (Lipinski definition) is 3. The summed E-state index contributed by atoms with van der Waals surface area (Å²) in [7, 11) is 0. The third-order valence-electron chi connectivity index (χ3n) is 4.83. The third kappa shape index (κ3) is 3.99. The number of esters is 1. The first-order valence-corrected chi connectivity index (χ1v) is 10.6. The van der Waals surface area contributed by atoms with E-state index in [1.165, 1.54) is 16.3 Å². The van der Waals surface area contributed by atoms with Gasteiger partial charge in [-0.3, -0.25) is 5.41 Å². The molecule has 0 spiro atoms. The molecule has 2 amide bonds. The minimum Gasteiger partial charge on any atom is -0.463 e. The summed E-state index contributed by atoms with van der Waals surface area (Å²) in [5, 5.41) is 13.4. The molecule has 31 heavy (non-hydrogen) atoms. The Morgan fingerprint density at radius 3 is 2.58 bits per heavy atom. The van der Waals surface area contributed by atoms with Crippen molar-refractivity contribution in [2.75, 3.05) is 11.9 Å². The number of benzene rings is 2. The van der Waals surface area contributed by atoms with Crippen molar-refractivity contribution in [2.45, 2.75) is 19.8 Å². The molecular weight excluding hydrogens is 414 g/mol. The van der Waals surface area contributed by atoms with Crippen LogP contribution in [0.5, 0.6) is 0 Å². The molecule has 0 saturated heterocycles. The van der Waals surface area contributed by atoms with Crippen LogP contribution >= 0.6 is 11.3 Å². The molecule has 2 aromatic carbocycles. The number of para-hydroxylation sites is 2. The number of allylic oxidation sites excluding steroid dienone is 1. The van der Waals surface area contributed by atoms with Gasteiger partial charge in [-0.05, 0) is 38.1 Å². The van der Waals surface area contributed by atoms with E-state index in [2.05, 4.69) is 15.7 Å². The second-order valence-corrected chi connectivity index (χ2v) is 7.89. The second kappa shape index (κ2) is 8.57. The van der Waals surface area contributed by atoms with E-state index >= 15 is 0 Å². The highest BCUT2D eigenvalue weighted by molar-refractivity contribution is 7.18. The Morgan fingerprint density at radius 2 is 1.87 bits per heavy atom. The van der Waals surface area contributed by atoms with E-state index in [4.69, 9.17) is 10.1 Å². The Hall–Kier alpha value is -3.72. The average Bonchev–Trinajstić information content (AvgIpc) is 3.28. The molecule has 2 heterocycles. The van der Waals surface area contributed by atoms with Crippen LogP contribution in [-0.4, -0.2) is 34.4 Å². The van der Waals surface area contributed by atoms with Crippen LogP contribution in [0.3, 0.4) is 0 Å². The monoisotopic (exact) mass is 435 g/mol. The zero-order valence-electron chi connectivity index (χ0n) is 17.0. The Morgan fingerprint density at radius 1 is 1.16 bits per heavy atom. The van der Waals surface area contributed by atoms with Gasteiger partial charge in [-0.1, -0.05) is 30.3 Å². The van der Waals surface area contributed by atoms with Gasteiger partial charge >= 0.3 is 12.0 Å². The predicted molar refractivity (Wildman–Crippen MR) is 120 cm³/mol. The maximum atomic E-state index is 12.8. The van der Waals surface area contributed by atoms with Crippen LogP contribution in [0.2, 0.25) is 0 Å². The molecule has 3 N–H and O–H groups in total. The number of carbonyl (C=O) groups is 2. The molecule has 1 unspecified atom stereocenters. The van der Waals surface area contributed by atoms with Crippen LogP contribution in [0.25, 0.3) is 10.2 Å². The molecule has 0 bridgehead atoms. The highest BCUT2D eigenvalue weighted by Gasteiger charge is 2.43. The first kappa shape index (κ1) is 20.5. The molecule has 0 saturated carbocycles. The molecule has 9 heteroatoms. The number of nitrogens with one attached hydrogen (secondary N) is 3. The largest absolute Gasteiger partial charge is 0.463 e. The van der Waals surface area contributed by atoms with Crippen LogP contribution in [-0.2, 0) is 9.53 Å². The van der Waals surface area contributed by atoms with Crippen molar-refractivity contribution in [2.24, 2.45) is 0 Å². The first-order valence-electron chi connectivity index (χ1n) is 9.74. The Kier molecular flexibility index (Phi) is 5.68. The summed E-state index contributed by atoms with van der Waals surface area (Å²) in [6.07, 6.45) is 0. The number of carbonyl (C=O) groups excluding carboxylic acids is 2. The zero-order valence-corrected chi connectivity index (χ0v) is 17.8. The van der Waals surface area contributed by atoms with Crippen molar-refractivity contribution < 1.29 is 14.3 Å². The van der Waals surface area contributed by atoms with Crippen LogP contribution < -0.4 is 10.7 Å². The lowest BCUT2D eigenvalue weighted by atomic mass is 10.0. The molecule has 158 valence electrons. The Labute approximate surface area is 183 Å². The van der Waals surface area contributed by atoms with Crippen LogP contribution in [0.1, 0.15) is 24.8 Å². The van der Waals surface area contributed by atoms with Crippen molar-refractivity contribution in [3.8, 4) is 0 Å². The molecule has 0 fully saturated rings. The lowest BCUT2D eigenvalue weighted by Crippen LogP contribution is -2.45. The van der Waals surface area contributed by atoms with E-state index in [0.717, 1.165) is 10.2 Å². The number of amidine groups is 1. The summed E-state index contributed by atoms with van der Waals surface area (Å²) in [6, 6.07) is 16.1. The van der Waals surface area contributed by atoms with Gasteiger partial charge < -0.3 is 10.1 Å². The number of thiazole rings is 1. The molecule has 1 aliphatic heterocycles. The number of hydrogen-bond acceptors (Lipinski definition) is 6. The highest BCUT2D eigenvalue weighted by atomic mass is 32.1. The quantitative estimate of drug-likeness (QED) is 0.520. The van der Waals surface area contributed by atoms with Crippen molar-refractivity contribution in [3.05, 3.63) is 70.9 Å². The molecule has 1 aliphatic rings.